The molecule has 84 valence electrons. The van der Waals surface area contributed by atoms with Crippen molar-refractivity contribution in [3.63, 3.8) is 0 Å². The van der Waals surface area contributed by atoms with Crippen molar-refractivity contribution in [2.75, 3.05) is 7.11 Å². The van der Waals surface area contributed by atoms with Crippen LogP contribution >= 0.6 is 15.9 Å². The summed E-state index contributed by atoms with van der Waals surface area (Å²) in [5.41, 5.74) is 0. The van der Waals surface area contributed by atoms with E-state index >= 15 is 0 Å². The molecule has 7 heteroatoms. The van der Waals surface area contributed by atoms with Crippen LogP contribution in [0.15, 0.2) is 23.1 Å². The van der Waals surface area contributed by atoms with Crippen molar-refractivity contribution in [2.45, 2.75) is 0 Å². The number of halogens is 1. The summed E-state index contributed by atoms with van der Waals surface area (Å²) in [6.45, 7) is 0. The molecule has 0 amide bonds. The van der Waals surface area contributed by atoms with E-state index in [1.807, 2.05) is 0 Å². The molecule has 2 heterocycles. The molecule has 16 heavy (non-hydrogen) atoms. The fourth-order valence-electron chi connectivity index (χ4n) is 1.09. The number of ether oxygens (including phenoxy) is 2. The molecule has 0 bridgehead atoms. The fourth-order valence-corrected chi connectivity index (χ4v) is 1.44. The minimum atomic E-state index is 0.216. The lowest BCUT2D eigenvalue weighted by Crippen LogP contribution is -1.95. The summed E-state index contributed by atoms with van der Waals surface area (Å²) in [5.74, 6) is 1.00. The van der Waals surface area contributed by atoms with Crippen LogP contribution in [0.25, 0.3) is 0 Å². The summed E-state index contributed by atoms with van der Waals surface area (Å²) in [5, 5.41) is 3.97. The van der Waals surface area contributed by atoms with E-state index in [9.17, 15) is 0 Å². The molecule has 0 aromatic carbocycles. The molecule has 0 fully saturated rings. The highest BCUT2D eigenvalue weighted by molar-refractivity contribution is 9.10. The normalized spacial score (nSPS) is 10.2. The van der Waals surface area contributed by atoms with Crippen molar-refractivity contribution in [1.29, 1.82) is 0 Å². The van der Waals surface area contributed by atoms with E-state index in [1.165, 1.54) is 7.11 Å². The number of hydrogen-bond donors (Lipinski definition) is 0. The number of hydrogen-bond acceptors (Lipinski definition) is 5. The lowest BCUT2D eigenvalue weighted by molar-refractivity contribution is 0.373. The second-order valence-corrected chi connectivity index (χ2v) is 3.82. The van der Waals surface area contributed by atoms with Crippen molar-refractivity contribution < 1.29 is 9.47 Å². The van der Waals surface area contributed by atoms with Crippen molar-refractivity contribution in [3.8, 4) is 17.6 Å². The minimum absolute atomic E-state index is 0.216. The molecule has 0 aliphatic carbocycles. The number of nitrogens with zero attached hydrogens (tertiary/aromatic N) is 4. The summed E-state index contributed by atoms with van der Waals surface area (Å²) in [6, 6.07) is 0.216. The molecule has 2 aromatic rings. The predicted molar refractivity (Wildman–Crippen MR) is 59.6 cm³/mol. The summed E-state index contributed by atoms with van der Waals surface area (Å²) >= 11 is 3.26. The second-order valence-electron chi connectivity index (χ2n) is 2.96. The maximum Gasteiger partial charge on any atom is 0.325 e. The standard InChI is InChI=1S/C9H9BrN4O2/c1-14-5-6(3-12-14)16-9-11-4-7(10)8(13-9)15-2/h3-5H,1-2H3. The highest BCUT2D eigenvalue weighted by atomic mass is 79.9. The third-order valence-corrected chi connectivity index (χ3v) is 2.32. The van der Waals surface area contributed by atoms with E-state index in [4.69, 9.17) is 9.47 Å². The monoisotopic (exact) mass is 284 g/mol. The summed E-state index contributed by atoms with van der Waals surface area (Å²) in [7, 11) is 3.33. The van der Waals surface area contributed by atoms with E-state index in [2.05, 4.69) is 31.0 Å². The highest BCUT2D eigenvalue weighted by Crippen LogP contribution is 2.24. The van der Waals surface area contributed by atoms with Crippen LogP contribution in [0.5, 0.6) is 17.6 Å². The Morgan fingerprint density at radius 3 is 2.81 bits per heavy atom. The van der Waals surface area contributed by atoms with E-state index < -0.39 is 0 Å². The van der Waals surface area contributed by atoms with Crippen LogP contribution in [-0.2, 0) is 7.05 Å². The largest absolute Gasteiger partial charge is 0.480 e. The molecule has 2 rings (SSSR count). The van der Waals surface area contributed by atoms with E-state index in [1.54, 1.807) is 30.3 Å². The Morgan fingerprint density at radius 1 is 1.38 bits per heavy atom. The quantitative estimate of drug-likeness (QED) is 0.860. The molecule has 6 nitrogen and oxygen atoms in total. The van der Waals surface area contributed by atoms with Gasteiger partial charge in [0.05, 0.1) is 30.2 Å². The maximum atomic E-state index is 5.39. The van der Waals surface area contributed by atoms with Crippen LogP contribution in [0.4, 0.5) is 0 Å². The Balaban J connectivity index is 2.21. The topological polar surface area (TPSA) is 62.1 Å². The minimum Gasteiger partial charge on any atom is -0.480 e. The van der Waals surface area contributed by atoms with Gasteiger partial charge in [0.2, 0.25) is 5.88 Å². The maximum absolute atomic E-state index is 5.39. The second kappa shape index (κ2) is 4.48. The van der Waals surface area contributed by atoms with Crippen LogP contribution < -0.4 is 9.47 Å². The van der Waals surface area contributed by atoms with Gasteiger partial charge in [-0.05, 0) is 15.9 Å². The van der Waals surface area contributed by atoms with Gasteiger partial charge < -0.3 is 9.47 Å². The molecular weight excluding hydrogens is 276 g/mol. The fraction of sp³-hybridized carbons (Fsp3) is 0.222. The van der Waals surface area contributed by atoms with Crippen LogP contribution in [-0.4, -0.2) is 26.9 Å². The highest BCUT2D eigenvalue weighted by Gasteiger charge is 2.07. The van der Waals surface area contributed by atoms with Crippen LogP contribution in [0.2, 0.25) is 0 Å². The lowest BCUT2D eigenvalue weighted by atomic mass is 10.6. The third-order valence-electron chi connectivity index (χ3n) is 1.77. The molecule has 0 N–H and O–H groups in total. The van der Waals surface area contributed by atoms with E-state index in [0.29, 0.717) is 16.1 Å². The van der Waals surface area contributed by atoms with Gasteiger partial charge in [-0.2, -0.15) is 10.1 Å². The first-order valence-corrected chi connectivity index (χ1v) is 5.21. The van der Waals surface area contributed by atoms with Crippen molar-refractivity contribution in [1.82, 2.24) is 19.7 Å². The van der Waals surface area contributed by atoms with Gasteiger partial charge in [-0.1, -0.05) is 0 Å². The molecule has 0 unspecified atom stereocenters. The number of aryl methyl sites for hydroxylation is 1. The molecule has 0 saturated carbocycles. The number of aromatic nitrogens is 4. The molecule has 2 aromatic heterocycles. The van der Waals surface area contributed by atoms with Crippen molar-refractivity contribution in [2.24, 2.45) is 7.05 Å². The van der Waals surface area contributed by atoms with E-state index in [-0.39, 0.29) is 6.01 Å². The van der Waals surface area contributed by atoms with Crippen LogP contribution in [0.3, 0.4) is 0 Å². The zero-order valence-corrected chi connectivity index (χ0v) is 10.3. The molecule has 0 aliphatic rings. The molecule has 0 spiro atoms. The summed E-state index contributed by atoms with van der Waals surface area (Å²) in [6.07, 6.45) is 4.87. The first kappa shape index (κ1) is 10.9. The van der Waals surface area contributed by atoms with Gasteiger partial charge in [-0.3, -0.25) is 4.68 Å². The summed E-state index contributed by atoms with van der Waals surface area (Å²) in [4.78, 5) is 8.05. The summed E-state index contributed by atoms with van der Waals surface area (Å²) < 4.78 is 12.7. The van der Waals surface area contributed by atoms with E-state index in [0.717, 1.165) is 0 Å². The van der Waals surface area contributed by atoms with Gasteiger partial charge >= 0.3 is 6.01 Å². The molecule has 0 atom stereocenters. The Bertz CT molecular complexity index is 500. The van der Waals surface area contributed by atoms with Gasteiger partial charge in [0.1, 0.15) is 0 Å². The van der Waals surface area contributed by atoms with Gasteiger partial charge in [0.15, 0.2) is 5.75 Å². The van der Waals surface area contributed by atoms with Gasteiger partial charge in [0.25, 0.3) is 0 Å². The molecular formula is C9H9BrN4O2. The molecule has 0 radical (unpaired) electrons. The average molecular weight is 285 g/mol. The number of methoxy groups -OCH3 is 1. The smallest absolute Gasteiger partial charge is 0.325 e. The number of rotatable bonds is 3. The van der Waals surface area contributed by atoms with Crippen LogP contribution in [0.1, 0.15) is 0 Å². The Hall–Kier alpha value is -1.63. The zero-order chi connectivity index (χ0) is 11.5. The lowest BCUT2D eigenvalue weighted by Gasteiger charge is -2.04. The predicted octanol–water partition coefficient (Wildman–Crippen LogP) is 1.77. The van der Waals surface area contributed by atoms with Gasteiger partial charge in [-0.25, -0.2) is 4.98 Å². The Labute approximate surface area is 100 Å². The first-order chi connectivity index (χ1) is 7.69. The SMILES string of the molecule is COc1nc(Oc2cnn(C)c2)ncc1Br. The zero-order valence-electron chi connectivity index (χ0n) is 8.72. The van der Waals surface area contributed by atoms with Gasteiger partial charge in [0, 0.05) is 7.05 Å². The third kappa shape index (κ3) is 2.30. The first-order valence-electron chi connectivity index (χ1n) is 4.42. The Kier molecular flexibility index (Phi) is 3.04. The van der Waals surface area contributed by atoms with Crippen molar-refractivity contribution >= 4 is 15.9 Å². The van der Waals surface area contributed by atoms with Crippen LogP contribution in [0, 0.1) is 0 Å². The van der Waals surface area contributed by atoms with Gasteiger partial charge in [-0.15, -0.1) is 0 Å². The Morgan fingerprint density at radius 2 is 2.19 bits per heavy atom. The molecule has 0 aliphatic heterocycles. The van der Waals surface area contributed by atoms with Crippen molar-refractivity contribution in [3.05, 3.63) is 23.1 Å². The molecule has 0 saturated heterocycles. The average Bonchev–Trinajstić information content (AvgIpc) is 2.67.